The van der Waals surface area contributed by atoms with Crippen molar-refractivity contribution < 1.29 is 14.4 Å². The number of amides is 3. The van der Waals surface area contributed by atoms with Crippen LogP contribution in [0.2, 0.25) is 0 Å². The molecule has 0 saturated carbocycles. The highest BCUT2D eigenvalue weighted by Crippen LogP contribution is 2.33. The molecule has 2 aromatic rings. The first kappa shape index (κ1) is 18.6. The lowest BCUT2D eigenvalue weighted by Gasteiger charge is -2.36. The molecule has 3 heterocycles. The largest absolute Gasteiger partial charge is 0.316 e. The predicted octanol–water partition coefficient (Wildman–Crippen LogP) is 1.05. The monoisotopic (exact) mass is 383 g/mol. The number of hydrogen-bond acceptors (Lipinski definition) is 5. The van der Waals surface area contributed by atoms with Gasteiger partial charge >= 0.3 is 0 Å². The molecule has 8 heteroatoms. The molecule has 0 radical (unpaired) electrons. The van der Waals surface area contributed by atoms with Crippen molar-refractivity contribution in [1.29, 1.82) is 0 Å². The van der Waals surface area contributed by atoms with E-state index in [1.54, 1.807) is 4.68 Å². The summed E-state index contributed by atoms with van der Waals surface area (Å²) >= 11 is 0. The molecule has 3 unspecified atom stereocenters. The van der Waals surface area contributed by atoms with E-state index in [1.165, 1.54) is 0 Å². The van der Waals surface area contributed by atoms with Crippen molar-refractivity contribution in [3.63, 3.8) is 0 Å². The van der Waals surface area contributed by atoms with E-state index in [4.69, 9.17) is 0 Å². The number of rotatable bonds is 3. The number of nitrogens with one attached hydrogen (secondary N) is 2. The number of piperidine rings is 2. The fourth-order valence-corrected chi connectivity index (χ4v) is 4.35. The second-order valence-electron chi connectivity index (χ2n) is 7.68. The van der Waals surface area contributed by atoms with E-state index >= 15 is 0 Å². The van der Waals surface area contributed by atoms with Crippen molar-refractivity contribution in [3.8, 4) is 0 Å². The van der Waals surface area contributed by atoms with Gasteiger partial charge in [0, 0.05) is 37.1 Å². The first-order valence-corrected chi connectivity index (χ1v) is 9.69. The van der Waals surface area contributed by atoms with Crippen LogP contribution in [0.15, 0.2) is 18.2 Å². The topological polar surface area (TPSA) is 96.3 Å². The molecule has 4 rings (SSSR count). The number of benzene rings is 1. The van der Waals surface area contributed by atoms with Crippen LogP contribution in [0, 0.1) is 5.92 Å². The maximum atomic E-state index is 12.8. The molecule has 148 valence electrons. The fraction of sp³-hybridized carbons (Fsp3) is 0.500. The SMILES string of the molecule is CNC1CCN(c2ccc3c(C4CCC(=O)NC4=O)nn(C)c3c2)C(=O)C1C. The second-order valence-corrected chi connectivity index (χ2v) is 7.68. The van der Waals surface area contributed by atoms with E-state index in [-0.39, 0.29) is 29.7 Å². The van der Waals surface area contributed by atoms with E-state index in [0.29, 0.717) is 25.1 Å². The van der Waals surface area contributed by atoms with Crippen LogP contribution in [-0.2, 0) is 21.4 Å². The number of aryl methyl sites for hydroxylation is 1. The van der Waals surface area contributed by atoms with Gasteiger partial charge in [0.2, 0.25) is 17.7 Å². The molecular weight excluding hydrogens is 358 g/mol. The van der Waals surface area contributed by atoms with Crippen LogP contribution in [0.4, 0.5) is 5.69 Å². The van der Waals surface area contributed by atoms with Crippen LogP contribution < -0.4 is 15.5 Å². The van der Waals surface area contributed by atoms with E-state index < -0.39 is 5.92 Å². The molecule has 2 aliphatic rings. The van der Waals surface area contributed by atoms with Crippen molar-refractivity contribution >= 4 is 34.3 Å². The molecule has 0 spiro atoms. The lowest BCUT2D eigenvalue weighted by atomic mass is 9.91. The summed E-state index contributed by atoms with van der Waals surface area (Å²) < 4.78 is 1.74. The summed E-state index contributed by atoms with van der Waals surface area (Å²) in [5.41, 5.74) is 2.40. The lowest BCUT2D eigenvalue weighted by Crippen LogP contribution is -2.51. The molecule has 2 saturated heterocycles. The second kappa shape index (κ2) is 7.01. The van der Waals surface area contributed by atoms with E-state index in [0.717, 1.165) is 23.0 Å². The van der Waals surface area contributed by atoms with Crippen LogP contribution in [0.1, 0.15) is 37.8 Å². The molecule has 1 aromatic heterocycles. The van der Waals surface area contributed by atoms with E-state index in [2.05, 4.69) is 15.7 Å². The number of nitrogens with zero attached hydrogens (tertiary/aromatic N) is 3. The Hall–Kier alpha value is -2.74. The van der Waals surface area contributed by atoms with Gasteiger partial charge in [-0.15, -0.1) is 0 Å². The molecule has 0 bridgehead atoms. The van der Waals surface area contributed by atoms with Crippen LogP contribution in [0.5, 0.6) is 0 Å². The minimum Gasteiger partial charge on any atom is -0.316 e. The zero-order valence-corrected chi connectivity index (χ0v) is 16.4. The number of imide groups is 1. The Bertz CT molecular complexity index is 966. The fourth-order valence-electron chi connectivity index (χ4n) is 4.35. The maximum absolute atomic E-state index is 12.8. The molecule has 28 heavy (non-hydrogen) atoms. The summed E-state index contributed by atoms with van der Waals surface area (Å²) in [5, 5.41) is 11.1. The van der Waals surface area contributed by atoms with E-state index in [1.807, 2.05) is 44.1 Å². The van der Waals surface area contributed by atoms with Gasteiger partial charge in [-0.05, 0) is 38.1 Å². The number of aromatic nitrogens is 2. The maximum Gasteiger partial charge on any atom is 0.235 e. The van der Waals surface area contributed by atoms with Crippen LogP contribution in [-0.4, -0.2) is 47.1 Å². The van der Waals surface area contributed by atoms with Crippen molar-refractivity contribution in [2.45, 2.75) is 38.1 Å². The van der Waals surface area contributed by atoms with Crippen LogP contribution in [0.25, 0.3) is 10.9 Å². The highest BCUT2D eigenvalue weighted by atomic mass is 16.2. The number of anilines is 1. The van der Waals surface area contributed by atoms with Gasteiger partial charge in [-0.25, -0.2) is 0 Å². The minimum atomic E-state index is -0.430. The highest BCUT2D eigenvalue weighted by molar-refractivity contribution is 6.03. The predicted molar refractivity (Wildman–Crippen MR) is 105 cm³/mol. The Morgan fingerprint density at radius 1 is 1.21 bits per heavy atom. The standard InChI is InChI=1S/C20H25N5O3/c1-11-15(21-2)8-9-25(20(11)28)12-4-5-13-16(10-12)24(3)23-18(13)14-6-7-17(26)22-19(14)27/h4-5,10-11,14-15,21H,6-9H2,1-3H3,(H,22,26,27). The Morgan fingerprint density at radius 2 is 2.00 bits per heavy atom. The third-order valence-corrected chi connectivity index (χ3v) is 6.04. The quantitative estimate of drug-likeness (QED) is 0.773. The van der Waals surface area contributed by atoms with Gasteiger partial charge < -0.3 is 10.2 Å². The average Bonchev–Trinajstić information content (AvgIpc) is 3.00. The number of carbonyl (C=O) groups is 3. The van der Waals surface area contributed by atoms with Crippen molar-refractivity contribution in [3.05, 3.63) is 23.9 Å². The number of fused-ring (bicyclic) bond motifs is 1. The molecule has 3 amide bonds. The summed E-state index contributed by atoms with van der Waals surface area (Å²) in [6, 6.07) is 6.01. The number of carbonyl (C=O) groups excluding carboxylic acids is 3. The first-order chi connectivity index (χ1) is 13.4. The van der Waals surface area contributed by atoms with Gasteiger partial charge in [0.1, 0.15) is 0 Å². The highest BCUT2D eigenvalue weighted by Gasteiger charge is 2.34. The summed E-state index contributed by atoms with van der Waals surface area (Å²) in [6.45, 7) is 2.62. The van der Waals surface area contributed by atoms with Crippen molar-refractivity contribution in [2.24, 2.45) is 13.0 Å². The van der Waals surface area contributed by atoms with Gasteiger partial charge in [-0.1, -0.05) is 6.92 Å². The molecule has 2 N–H and O–H groups in total. The zero-order valence-electron chi connectivity index (χ0n) is 16.4. The molecular formula is C20H25N5O3. The molecule has 0 aliphatic carbocycles. The minimum absolute atomic E-state index is 0.0833. The van der Waals surface area contributed by atoms with Gasteiger partial charge in [0.25, 0.3) is 0 Å². The van der Waals surface area contributed by atoms with Gasteiger partial charge in [0.15, 0.2) is 0 Å². The Morgan fingerprint density at radius 3 is 2.71 bits per heavy atom. The van der Waals surface area contributed by atoms with Gasteiger partial charge in [-0.3, -0.25) is 24.4 Å². The molecule has 8 nitrogen and oxygen atoms in total. The third-order valence-electron chi connectivity index (χ3n) is 6.04. The van der Waals surface area contributed by atoms with Crippen LogP contribution in [0.3, 0.4) is 0 Å². The van der Waals surface area contributed by atoms with Crippen molar-refractivity contribution in [2.75, 3.05) is 18.5 Å². The summed E-state index contributed by atoms with van der Waals surface area (Å²) in [6.07, 6.45) is 1.68. The Balaban J connectivity index is 1.68. The summed E-state index contributed by atoms with van der Waals surface area (Å²) in [7, 11) is 3.72. The third kappa shape index (κ3) is 2.97. The molecule has 2 fully saturated rings. The Kier molecular flexibility index (Phi) is 4.66. The molecule has 3 atom stereocenters. The first-order valence-electron chi connectivity index (χ1n) is 9.69. The van der Waals surface area contributed by atoms with E-state index in [9.17, 15) is 14.4 Å². The van der Waals surface area contributed by atoms with Crippen molar-refractivity contribution in [1.82, 2.24) is 20.4 Å². The average molecular weight is 383 g/mol. The molecule has 2 aliphatic heterocycles. The van der Waals surface area contributed by atoms with Gasteiger partial charge in [-0.2, -0.15) is 5.10 Å². The van der Waals surface area contributed by atoms with Gasteiger partial charge in [0.05, 0.1) is 23.0 Å². The Labute approximate surface area is 163 Å². The van der Waals surface area contributed by atoms with Crippen LogP contribution >= 0.6 is 0 Å². The number of hydrogen-bond donors (Lipinski definition) is 2. The normalized spacial score (nSPS) is 26.0. The summed E-state index contributed by atoms with van der Waals surface area (Å²) in [4.78, 5) is 38.4. The molecule has 1 aromatic carbocycles. The smallest absolute Gasteiger partial charge is 0.235 e. The summed E-state index contributed by atoms with van der Waals surface area (Å²) in [5.74, 6) is -0.933. The lowest BCUT2D eigenvalue weighted by molar-refractivity contribution is -0.134. The zero-order chi connectivity index (χ0) is 20.0.